The van der Waals surface area contributed by atoms with Gasteiger partial charge in [-0.2, -0.15) is 5.26 Å². The Morgan fingerprint density at radius 2 is 2.15 bits per heavy atom. The van der Waals surface area contributed by atoms with E-state index in [2.05, 4.69) is 6.07 Å². The topological polar surface area (TPSA) is 44.0 Å². The Hall–Kier alpha value is -1.37. The number of hydrogen-bond acceptors (Lipinski definition) is 3. The summed E-state index contributed by atoms with van der Waals surface area (Å²) in [7, 11) is 0. The van der Waals surface area contributed by atoms with Crippen LogP contribution in [0.15, 0.2) is 24.3 Å². The van der Waals surface area contributed by atoms with Gasteiger partial charge in [0.2, 0.25) is 0 Å². The third-order valence-electron chi connectivity index (χ3n) is 1.92. The number of hydrogen-bond donors (Lipinski definition) is 1. The van der Waals surface area contributed by atoms with Crippen molar-refractivity contribution >= 4 is 21.4 Å². The Labute approximate surface area is 79.7 Å². The van der Waals surface area contributed by atoms with Crippen LogP contribution in [0.5, 0.6) is 0 Å². The predicted molar refractivity (Wildman–Crippen MR) is 52.5 cm³/mol. The van der Waals surface area contributed by atoms with E-state index in [1.807, 2.05) is 24.3 Å². The number of rotatable bonds is 1. The first-order valence-electron chi connectivity index (χ1n) is 3.88. The third kappa shape index (κ3) is 1.21. The lowest BCUT2D eigenvalue weighted by Gasteiger charge is -1.88. The number of nitriles is 1. The van der Waals surface area contributed by atoms with Crippen LogP contribution in [0.4, 0.5) is 0 Å². The van der Waals surface area contributed by atoms with E-state index in [4.69, 9.17) is 10.4 Å². The lowest BCUT2D eigenvalue weighted by molar-refractivity contribution is 0.285. The van der Waals surface area contributed by atoms with Crippen LogP contribution in [0.1, 0.15) is 10.4 Å². The maximum Gasteiger partial charge on any atom is 0.101 e. The highest BCUT2D eigenvalue weighted by molar-refractivity contribution is 7.19. The summed E-state index contributed by atoms with van der Waals surface area (Å²) in [5.41, 5.74) is 0.614. The van der Waals surface area contributed by atoms with Crippen LogP contribution in [0.25, 0.3) is 10.1 Å². The molecule has 0 unspecified atom stereocenters. The van der Waals surface area contributed by atoms with E-state index in [0.29, 0.717) is 5.56 Å². The van der Waals surface area contributed by atoms with Crippen molar-refractivity contribution in [3.8, 4) is 6.07 Å². The molecule has 1 aromatic carbocycles. The van der Waals surface area contributed by atoms with E-state index in [9.17, 15) is 0 Å². The van der Waals surface area contributed by atoms with Crippen LogP contribution in [0.2, 0.25) is 0 Å². The largest absolute Gasteiger partial charge is 0.391 e. The Kier molecular flexibility index (Phi) is 2.01. The van der Waals surface area contributed by atoms with Gasteiger partial charge in [0, 0.05) is 15.0 Å². The Morgan fingerprint density at radius 1 is 1.38 bits per heavy atom. The normalized spacial score (nSPS) is 10.2. The minimum atomic E-state index is -0.0533. The van der Waals surface area contributed by atoms with Gasteiger partial charge in [0.05, 0.1) is 12.2 Å². The molecule has 0 amide bonds. The van der Waals surface area contributed by atoms with Gasteiger partial charge in [0.15, 0.2) is 0 Å². The first-order valence-corrected chi connectivity index (χ1v) is 4.70. The van der Waals surface area contributed by atoms with E-state index < -0.39 is 0 Å². The molecule has 0 atom stereocenters. The van der Waals surface area contributed by atoms with E-state index in [1.54, 1.807) is 0 Å². The minimum Gasteiger partial charge on any atom is -0.391 e. The highest BCUT2D eigenvalue weighted by atomic mass is 32.1. The average Bonchev–Trinajstić information content (AvgIpc) is 2.55. The number of thiophene rings is 1. The van der Waals surface area contributed by atoms with Gasteiger partial charge in [-0.15, -0.1) is 11.3 Å². The number of nitrogens with zero attached hydrogens (tertiary/aromatic N) is 1. The van der Waals surface area contributed by atoms with Crippen molar-refractivity contribution in [3.05, 3.63) is 34.7 Å². The average molecular weight is 189 g/mol. The molecular formula is C10H7NOS. The van der Waals surface area contributed by atoms with Gasteiger partial charge in [-0.1, -0.05) is 18.2 Å². The number of aliphatic hydroxyl groups is 1. The number of fused-ring (bicyclic) bond motifs is 1. The monoisotopic (exact) mass is 189 g/mol. The Bertz CT molecular complexity index is 481. The predicted octanol–water partition coefficient (Wildman–Crippen LogP) is 2.27. The standard InChI is InChI=1S/C10H7NOS/c11-5-8-7-3-1-2-4-9(7)13-10(8)6-12/h1-4,12H,6H2. The second-order valence-electron chi connectivity index (χ2n) is 2.67. The zero-order valence-corrected chi connectivity index (χ0v) is 7.64. The second-order valence-corrected chi connectivity index (χ2v) is 3.80. The molecule has 1 heterocycles. The number of aliphatic hydroxyl groups excluding tert-OH is 1. The fourth-order valence-corrected chi connectivity index (χ4v) is 2.34. The summed E-state index contributed by atoms with van der Waals surface area (Å²) in [4.78, 5) is 0.753. The fourth-order valence-electron chi connectivity index (χ4n) is 1.33. The maximum absolute atomic E-state index is 9.01. The van der Waals surface area contributed by atoms with E-state index in [0.717, 1.165) is 15.0 Å². The molecular weight excluding hydrogens is 182 g/mol. The number of benzene rings is 1. The van der Waals surface area contributed by atoms with Crippen molar-refractivity contribution in [2.24, 2.45) is 0 Å². The molecule has 2 nitrogen and oxygen atoms in total. The van der Waals surface area contributed by atoms with E-state index in [1.165, 1.54) is 11.3 Å². The molecule has 0 radical (unpaired) electrons. The van der Waals surface area contributed by atoms with Gasteiger partial charge in [0.25, 0.3) is 0 Å². The summed E-state index contributed by atoms with van der Waals surface area (Å²) < 4.78 is 1.06. The van der Waals surface area contributed by atoms with Crippen LogP contribution in [-0.4, -0.2) is 5.11 Å². The highest BCUT2D eigenvalue weighted by Crippen LogP contribution is 2.30. The molecule has 0 spiro atoms. The zero-order chi connectivity index (χ0) is 9.26. The van der Waals surface area contributed by atoms with Gasteiger partial charge >= 0.3 is 0 Å². The molecule has 0 saturated carbocycles. The van der Waals surface area contributed by atoms with Gasteiger partial charge in [-0.3, -0.25) is 0 Å². The summed E-state index contributed by atoms with van der Waals surface area (Å²) in [5, 5.41) is 18.8. The van der Waals surface area contributed by atoms with Crippen LogP contribution >= 0.6 is 11.3 Å². The fraction of sp³-hybridized carbons (Fsp3) is 0.100. The molecule has 13 heavy (non-hydrogen) atoms. The lowest BCUT2D eigenvalue weighted by Crippen LogP contribution is -1.80. The first-order chi connectivity index (χ1) is 6.36. The lowest BCUT2D eigenvalue weighted by atomic mass is 10.1. The third-order valence-corrected chi connectivity index (χ3v) is 3.08. The summed E-state index contributed by atoms with van der Waals surface area (Å²) in [6.45, 7) is -0.0533. The smallest absolute Gasteiger partial charge is 0.101 e. The molecule has 2 rings (SSSR count). The summed E-state index contributed by atoms with van der Waals surface area (Å²) in [5.74, 6) is 0. The Morgan fingerprint density at radius 3 is 2.85 bits per heavy atom. The quantitative estimate of drug-likeness (QED) is 0.747. The molecule has 0 fully saturated rings. The minimum absolute atomic E-state index is 0.0533. The molecule has 3 heteroatoms. The Balaban J connectivity index is 2.83. The maximum atomic E-state index is 9.01. The molecule has 0 saturated heterocycles. The van der Waals surface area contributed by atoms with E-state index in [-0.39, 0.29) is 6.61 Å². The van der Waals surface area contributed by atoms with Crippen molar-refractivity contribution in [1.82, 2.24) is 0 Å². The van der Waals surface area contributed by atoms with Crippen LogP contribution in [0.3, 0.4) is 0 Å². The molecule has 0 aliphatic rings. The second kappa shape index (κ2) is 3.17. The van der Waals surface area contributed by atoms with Crippen molar-refractivity contribution < 1.29 is 5.11 Å². The van der Waals surface area contributed by atoms with Gasteiger partial charge in [-0.05, 0) is 6.07 Å². The van der Waals surface area contributed by atoms with Gasteiger partial charge in [0.1, 0.15) is 6.07 Å². The summed E-state index contributed by atoms with van der Waals surface area (Å²) in [6, 6.07) is 9.82. The van der Waals surface area contributed by atoms with E-state index >= 15 is 0 Å². The van der Waals surface area contributed by atoms with Crippen molar-refractivity contribution in [2.75, 3.05) is 0 Å². The molecule has 0 aliphatic carbocycles. The molecule has 64 valence electrons. The van der Waals surface area contributed by atoms with Gasteiger partial charge < -0.3 is 5.11 Å². The molecule has 0 bridgehead atoms. The van der Waals surface area contributed by atoms with Gasteiger partial charge in [-0.25, -0.2) is 0 Å². The van der Waals surface area contributed by atoms with Crippen molar-refractivity contribution in [1.29, 1.82) is 5.26 Å². The summed E-state index contributed by atoms with van der Waals surface area (Å²) in [6.07, 6.45) is 0. The van der Waals surface area contributed by atoms with Crippen molar-refractivity contribution in [3.63, 3.8) is 0 Å². The van der Waals surface area contributed by atoms with Crippen LogP contribution in [0, 0.1) is 11.3 Å². The molecule has 1 aromatic heterocycles. The molecule has 2 aromatic rings. The zero-order valence-electron chi connectivity index (χ0n) is 6.82. The van der Waals surface area contributed by atoms with Crippen molar-refractivity contribution in [2.45, 2.75) is 6.61 Å². The molecule has 0 aliphatic heterocycles. The van der Waals surface area contributed by atoms with Crippen LogP contribution in [-0.2, 0) is 6.61 Å². The van der Waals surface area contributed by atoms with Crippen LogP contribution < -0.4 is 0 Å². The highest BCUT2D eigenvalue weighted by Gasteiger charge is 2.09. The first kappa shape index (κ1) is 8.24. The molecule has 1 N–H and O–H groups in total. The summed E-state index contributed by atoms with van der Waals surface area (Å²) >= 11 is 1.48. The SMILES string of the molecule is N#Cc1c(CO)sc2ccccc12.